The summed E-state index contributed by atoms with van der Waals surface area (Å²) < 4.78 is 6.49. The van der Waals surface area contributed by atoms with Gasteiger partial charge >= 0.3 is 0 Å². The Hall–Kier alpha value is -1.64. The van der Waals surface area contributed by atoms with Crippen molar-refractivity contribution in [3.63, 3.8) is 0 Å². The molecule has 0 saturated carbocycles. The smallest absolute Gasteiger partial charge is 0.255 e. The van der Waals surface area contributed by atoms with Gasteiger partial charge in [0.25, 0.3) is 5.91 Å². The Labute approximate surface area is 217 Å². The SMILES string of the molecule is CCCN(CCC)C(=O)c1ccccc1SC(=O)[C@H](C)[C@H]1NC(=O)[C@@H]1[C@@H](C)O[Si](C)(C)C(C)(C)C. The maximum absolute atomic E-state index is 13.3. The molecule has 1 saturated heterocycles. The van der Waals surface area contributed by atoms with Gasteiger partial charge in [0.05, 0.1) is 23.6 Å². The molecule has 1 heterocycles. The van der Waals surface area contributed by atoms with Crippen LogP contribution >= 0.6 is 11.8 Å². The van der Waals surface area contributed by atoms with Crippen LogP contribution in [0.3, 0.4) is 0 Å². The van der Waals surface area contributed by atoms with Gasteiger partial charge in [-0.05, 0) is 50.0 Å². The van der Waals surface area contributed by atoms with E-state index in [1.165, 1.54) is 0 Å². The standard InChI is InChI=1S/C27H44N2O4SSi/c1-10-16-29(17-11-2)25(31)20-14-12-13-15-21(20)34-26(32)18(3)23-22(24(30)28-23)19(4)33-35(8,9)27(5,6)7/h12-15,18-19,22-23H,10-11,16-17H2,1-9H3,(H,28,30)/t18-,19-,22-,23-/m1/s1. The van der Waals surface area contributed by atoms with E-state index in [4.69, 9.17) is 4.43 Å². The fourth-order valence-electron chi connectivity index (χ4n) is 4.18. The number of carbonyl (C=O) groups excluding carboxylic acids is 3. The number of nitrogens with one attached hydrogen (secondary N) is 1. The van der Waals surface area contributed by atoms with Crippen LogP contribution < -0.4 is 5.32 Å². The summed E-state index contributed by atoms with van der Waals surface area (Å²) in [5, 5.41) is 2.92. The van der Waals surface area contributed by atoms with Crippen LogP contribution in [-0.4, -0.2) is 55.4 Å². The number of hydrogen-bond acceptors (Lipinski definition) is 5. The third-order valence-corrected chi connectivity index (χ3v) is 13.0. The molecule has 4 atom stereocenters. The Kier molecular flexibility index (Phi) is 10.2. The first-order valence-electron chi connectivity index (χ1n) is 12.8. The van der Waals surface area contributed by atoms with E-state index < -0.39 is 14.2 Å². The first-order valence-corrected chi connectivity index (χ1v) is 16.6. The van der Waals surface area contributed by atoms with Gasteiger partial charge in [0, 0.05) is 23.9 Å². The van der Waals surface area contributed by atoms with Crippen LogP contribution in [0.1, 0.15) is 71.7 Å². The highest BCUT2D eigenvalue weighted by atomic mass is 32.2. The van der Waals surface area contributed by atoms with Crippen LogP contribution in [0, 0.1) is 11.8 Å². The number of thioether (sulfide) groups is 1. The molecule has 2 amide bonds. The molecule has 1 aliphatic rings. The molecule has 1 N–H and O–H groups in total. The van der Waals surface area contributed by atoms with Crippen LogP contribution in [0.5, 0.6) is 0 Å². The second kappa shape index (κ2) is 12.1. The molecule has 1 aromatic rings. The van der Waals surface area contributed by atoms with Crippen molar-refractivity contribution >= 4 is 37.0 Å². The summed E-state index contributed by atoms with van der Waals surface area (Å²) in [5.41, 5.74) is 0.559. The zero-order valence-electron chi connectivity index (χ0n) is 22.9. The van der Waals surface area contributed by atoms with E-state index in [0.717, 1.165) is 24.6 Å². The zero-order chi connectivity index (χ0) is 26.6. The van der Waals surface area contributed by atoms with Crippen molar-refractivity contribution < 1.29 is 18.8 Å². The lowest BCUT2D eigenvalue weighted by molar-refractivity contribution is -0.143. The first kappa shape index (κ1) is 29.6. The lowest BCUT2D eigenvalue weighted by Crippen LogP contribution is -2.66. The van der Waals surface area contributed by atoms with E-state index in [2.05, 4.69) is 53.0 Å². The van der Waals surface area contributed by atoms with Gasteiger partial charge in [0.1, 0.15) is 0 Å². The van der Waals surface area contributed by atoms with Gasteiger partial charge < -0.3 is 14.6 Å². The lowest BCUT2D eigenvalue weighted by Gasteiger charge is -2.46. The first-order chi connectivity index (χ1) is 16.2. The Morgan fingerprint density at radius 1 is 1.11 bits per heavy atom. The number of amides is 2. The molecule has 1 fully saturated rings. The Bertz CT molecular complexity index is 909. The van der Waals surface area contributed by atoms with Gasteiger partial charge in [0.15, 0.2) is 13.4 Å². The molecule has 2 rings (SSSR count). The van der Waals surface area contributed by atoms with Gasteiger partial charge in [-0.15, -0.1) is 0 Å². The van der Waals surface area contributed by atoms with Crippen molar-refractivity contribution in [3.8, 4) is 0 Å². The minimum atomic E-state index is -2.05. The summed E-state index contributed by atoms with van der Waals surface area (Å²) in [4.78, 5) is 41.6. The van der Waals surface area contributed by atoms with E-state index in [1.807, 2.05) is 36.9 Å². The normalized spacial score (nSPS) is 20.0. The van der Waals surface area contributed by atoms with Gasteiger partial charge in [-0.2, -0.15) is 0 Å². The maximum Gasteiger partial charge on any atom is 0.255 e. The molecule has 0 radical (unpaired) electrons. The number of nitrogens with zero attached hydrogens (tertiary/aromatic N) is 1. The molecule has 0 bridgehead atoms. The summed E-state index contributed by atoms with van der Waals surface area (Å²) in [6.45, 7) is 20.2. The van der Waals surface area contributed by atoms with E-state index in [0.29, 0.717) is 23.5 Å². The second-order valence-corrected chi connectivity index (χ2v) is 16.9. The fourth-order valence-corrected chi connectivity index (χ4v) is 6.57. The molecule has 8 heteroatoms. The van der Waals surface area contributed by atoms with Gasteiger partial charge in [0.2, 0.25) is 5.91 Å². The summed E-state index contributed by atoms with van der Waals surface area (Å²) in [6.07, 6.45) is 1.50. The molecular weight excluding hydrogens is 476 g/mol. The highest BCUT2D eigenvalue weighted by Crippen LogP contribution is 2.40. The van der Waals surface area contributed by atoms with Crippen LogP contribution in [0.4, 0.5) is 0 Å². The number of β-lactam (4-membered cyclic amide) rings is 1. The molecular formula is C27H44N2O4SSi. The predicted molar refractivity (Wildman–Crippen MR) is 146 cm³/mol. The number of carbonyl (C=O) groups is 3. The monoisotopic (exact) mass is 520 g/mol. The molecule has 0 spiro atoms. The van der Waals surface area contributed by atoms with Crippen molar-refractivity contribution in [3.05, 3.63) is 29.8 Å². The van der Waals surface area contributed by atoms with Crippen LogP contribution in [-0.2, 0) is 14.0 Å². The molecule has 196 valence electrons. The fraction of sp³-hybridized carbons (Fsp3) is 0.667. The van der Waals surface area contributed by atoms with Crippen LogP contribution in [0.25, 0.3) is 0 Å². The highest BCUT2D eigenvalue weighted by Gasteiger charge is 2.50. The summed E-state index contributed by atoms with van der Waals surface area (Å²) in [5.74, 6) is -0.858. The molecule has 1 aliphatic heterocycles. The maximum atomic E-state index is 13.3. The van der Waals surface area contributed by atoms with Crippen molar-refractivity contribution in [1.29, 1.82) is 0 Å². The van der Waals surface area contributed by atoms with Gasteiger partial charge in [-0.1, -0.05) is 65.4 Å². The number of benzene rings is 1. The molecule has 0 unspecified atom stereocenters. The minimum Gasteiger partial charge on any atom is -0.413 e. The lowest BCUT2D eigenvalue weighted by atomic mass is 9.79. The summed E-state index contributed by atoms with van der Waals surface area (Å²) >= 11 is 1.10. The van der Waals surface area contributed by atoms with E-state index in [9.17, 15) is 14.4 Å². The van der Waals surface area contributed by atoms with E-state index in [1.54, 1.807) is 6.07 Å². The quantitative estimate of drug-likeness (QED) is 0.229. The largest absolute Gasteiger partial charge is 0.413 e. The number of rotatable bonds is 11. The molecule has 0 aliphatic carbocycles. The van der Waals surface area contributed by atoms with Crippen molar-refractivity contribution in [2.75, 3.05) is 13.1 Å². The summed E-state index contributed by atoms with van der Waals surface area (Å²) in [6, 6.07) is 7.04. The Morgan fingerprint density at radius 3 is 2.20 bits per heavy atom. The Balaban J connectivity index is 2.15. The van der Waals surface area contributed by atoms with Gasteiger partial charge in [-0.3, -0.25) is 14.4 Å². The highest BCUT2D eigenvalue weighted by molar-refractivity contribution is 8.13. The molecule has 0 aromatic heterocycles. The van der Waals surface area contributed by atoms with Crippen molar-refractivity contribution in [2.24, 2.45) is 11.8 Å². The molecule has 6 nitrogen and oxygen atoms in total. The topological polar surface area (TPSA) is 75.7 Å². The van der Waals surface area contributed by atoms with Crippen LogP contribution in [0.15, 0.2) is 29.2 Å². The molecule has 1 aromatic carbocycles. The van der Waals surface area contributed by atoms with Crippen LogP contribution in [0.2, 0.25) is 18.1 Å². The molecule has 35 heavy (non-hydrogen) atoms. The third-order valence-electron chi connectivity index (χ3n) is 7.30. The second-order valence-electron chi connectivity index (χ2n) is 11.1. The van der Waals surface area contributed by atoms with E-state index >= 15 is 0 Å². The summed E-state index contributed by atoms with van der Waals surface area (Å²) in [7, 11) is -2.05. The van der Waals surface area contributed by atoms with Crippen molar-refractivity contribution in [2.45, 2.75) is 96.5 Å². The minimum absolute atomic E-state index is 0.0357. The number of hydrogen-bond donors (Lipinski definition) is 1. The zero-order valence-corrected chi connectivity index (χ0v) is 24.8. The predicted octanol–water partition coefficient (Wildman–Crippen LogP) is 5.73. The average molecular weight is 521 g/mol. The third kappa shape index (κ3) is 6.98. The Morgan fingerprint density at radius 2 is 1.69 bits per heavy atom. The van der Waals surface area contributed by atoms with Crippen molar-refractivity contribution in [1.82, 2.24) is 10.2 Å². The average Bonchev–Trinajstić information content (AvgIpc) is 2.75. The van der Waals surface area contributed by atoms with E-state index in [-0.39, 0.29) is 40.0 Å². The van der Waals surface area contributed by atoms with Gasteiger partial charge in [-0.25, -0.2) is 0 Å².